The third kappa shape index (κ3) is 2.28. The highest BCUT2D eigenvalue weighted by atomic mass is 35.5. The average molecular weight is 263 g/mol. The molecule has 3 nitrogen and oxygen atoms in total. The Morgan fingerprint density at radius 3 is 2.83 bits per heavy atom. The van der Waals surface area contributed by atoms with E-state index in [1.807, 2.05) is 24.4 Å². The molecule has 1 aromatic carbocycles. The fourth-order valence-electron chi connectivity index (χ4n) is 2.33. The van der Waals surface area contributed by atoms with Crippen LogP contribution in [0, 0.1) is 0 Å². The number of nitrogens with one attached hydrogen (secondary N) is 1. The SMILES string of the molecule is Clc1cncc2c(OC3CCNCC3)cccc12. The van der Waals surface area contributed by atoms with Crippen molar-refractivity contribution in [1.82, 2.24) is 10.3 Å². The summed E-state index contributed by atoms with van der Waals surface area (Å²) in [5, 5.41) is 5.99. The molecular formula is C14H15ClN2O. The molecule has 1 fully saturated rings. The summed E-state index contributed by atoms with van der Waals surface area (Å²) in [6, 6.07) is 5.96. The lowest BCUT2D eigenvalue weighted by atomic mass is 10.1. The highest BCUT2D eigenvalue weighted by Crippen LogP contribution is 2.30. The molecule has 0 amide bonds. The summed E-state index contributed by atoms with van der Waals surface area (Å²) in [6.45, 7) is 2.04. The summed E-state index contributed by atoms with van der Waals surface area (Å²) in [5.41, 5.74) is 0. The molecule has 0 unspecified atom stereocenters. The molecule has 1 N–H and O–H groups in total. The zero-order valence-corrected chi connectivity index (χ0v) is 10.8. The van der Waals surface area contributed by atoms with E-state index in [9.17, 15) is 0 Å². The normalized spacial score (nSPS) is 16.9. The van der Waals surface area contributed by atoms with E-state index in [2.05, 4.69) is 10.3 Å². The number of nitrogens with zero attached hydrogens (tertiary/aromatic N) is 1. The minimum atomic E-state index is 0.288. The van der Waals surface area contributed by atoms with Crippen molar-refractivity contribution in [3.63, 3.8) is 0 Å². The van der Waals surface area contributed by atoms with Crippen LogP contribution in [0.25, 0.3) is 10.8 Å². The molecule has 0 spiro atoms. The van der Waals surface area contributed by atoms with Crippen molar-refractivity contribution in [3.05, 3.63) is 35.6 Å². The number of benzene rings is 1. The fraction of sp³-hybridized carbons (Fsp3) is 0.357. The van der Waals surface area contributed by atoms with Crippen LogP contribution in [-0.2, 0) is 0 Å². The van der Waals surface area contributed by atoms with E-state index in [1.54, 1.807) is 6.20 Å². The standard InChI is InChI=1S/C14H15ClN2O/c15-13-9-17-8-12-11(13)2-1-3-14(12)18-10-4-6-16-7-5-10/h1-3,8-10,16H,4-7H2. The molecule has 94 valence electrons. The maximum Gasteiger partial charge on any atom is 0.129 e. The molecule has 2 aromatic rings. The summed E-state index contributed by atoms with van der Waals surface area (Å²) in [7, 11) is 0. The van der Waals surface area contributed by atoms with Crippen molar-refractivity contribution in [2.75, 3.05) is 13.1 Å². The van der Waals surface area contributed by atoms with Crippen LogP contribution in [0.1, 0.15) is 12.8 Å². The number of piperidine rings is 1. The number of hydrogen-bond acceptors (Lipinski definition) is 3. The van der Waals surface area contributed by atoms with E-state index in [0.717, 1.165) is 42.5 Å². The summed E-state index contributed by atoms with van der Waals surface area (Å²) in [4.78, 5) is 4.14. The number of pyridine rings is 1. The third-order valence-corrected chi connectivity index (χ3v) is 3.60. The number of halogens is 1. The quantitative estimate of drug-likeness (QED) is 0.903. The molecule has 18 heavy (non-hydrogen) atoms. The van der Waals surface area contributed by atoms with Gasteiger partial charge < -0.3 is 10.1 Å². The molecule has 1 aliphatic heterocycles. The maximum atomic E-state index is 6.14. The first kappa shape index (κ1) is 11.8. The van der Waals surface area contributed by atoms with E-state index in [-0.39, 0.29) is 6.10 Å². The first-order valence-electron chi connectivity index (χ1n) is 6.24. The lowest BCUT2D eigenvalue weighted by Crippen LogP contribution is -2.34. The van der Waals surface area contributed by atoms with Crippen LogP contribution in [0.4, 0.5) is 0 Å². The summed E-state index contributed by atoms with van der Waals surface area (Å²) >= 11 is 6.14. The van der Waals surface area contributed by atoms with Gasteiger partial charge in [0, 0.05) is 23.2 Å². The molecule has 2 heterocycles. The molecule has 0 radical (unpaired) electrons. The van der Waals surface area contributed by atoms with Gasteiger partial charge in [0.2, 0.25) is 0 Å². The molecule has 1 aliphatic rings. The van der Waals surface area contributed by atoms with Crippen molar-refractivity contribution in [3.8, 4) is 5.75 Å². The Kier molecular flexibility index (Phi) is 3.35. The van der Waals surface area contributed by atoms with Gasteiger partial charge in [-0.05, 0) is 32.0 Å². The number of hydrogen-bond donors (Lipinski definition) is 1. The van der Waals surface area contributed by atoms with Gasteiger partial charge in [0.05, 0.1) is 5.02 Å². The van der Waals surface area contributed by atoms with Gasteiger partial charge in [0.1, 0.15) is 11.9 Å². The molecule has 3 rings (SSSR count). The lowest BCUT2D eigenvalue weighted by molar-refractivity contribution is 0.164. The molecule has 0 bridgehead atoms. The minimum absolute atomic E-state index is 0.288. The summed E-state index contributed by atoms with van der Waals surface area (Å²) in [5.74, 6) is 0.884. The smallest absolute Gasteiger partial charge is 0.129 e. The maximum absolute atomic E-state index is 6.14. The van der Waals surface area contributed by atoms with Gasteiger partial charge in [-0.25, -0.2) is 0 Å². The van der Waals surface area contributed by atoms with Gasteiger partial charge in [-0.2, -0.15) is 0 Å². The second-order valence-corrected chi connectivity index (χ2v) is 4.95. The van der Waals surface area contributed by atoms with Crippen molar-refractivity contribution in [2.45, 2.75) is 18.9 Å². The van der Waals surface area contributed by atoms with Gasteiger partial charge in [-0.3, -0.25) is 4.98 Å². The predicted octanol–water partition coefficient (Wildman–Crippen LogP) is 3.02. The molecule has 4 heteroatoms. The van der Waals surface area contributed by atoms with Crippen LogP contribution >= 0.6 is 11.6 Å². The van der Waals surface area contributed by atoms with Gasteiger partial charge in [-0.1, -0.05) is 23.7 Å². The van der Waals surface area contributed by atoms with Crippen molar-refractivity contribution >= 4 is 22.4 Å². The van der Waals surface area contributed by atoms with E-state index in [1.165, 1.54) is 0 Å². The van der Waals surface area contributed by atoms with Gasteiger partial charge >= 0.3 is 0 Å². The molecular weight excluding hydrogens is 248 g/mol. The van der Waals surface area contributed by atoms with Crippen molar-refractivity contribution in [1.29, 1.82) is 0 Å². The number of fused-ring (bicyclic) bond motifs is 1. The van der Waals surface area contributed by atoms with Gasteiger partial charge in [0.25, 0.3) is 0 Å². The Morgan fingerprint density at radius 2 is 2.00 bits per heavy atom. The minimum Gasteiger partial charge on any atom is -0.490 e. The predicted molar refractivity (Wildman–Crippen MR) is 73.3 cm³/mol. The Bertz CT molecular complexity index is 552. The Hall–Kier alpha value is -1.32. The lowest BCUT2D eigenvalue weighted by Gasteiger charge is -2.24. The Balaban J connectivity index is 1.93. The van der Waals surface area contributed by atoms with Crippen LogP contribution in [0.3, 0.4) is 0 Å². The fourth-order valence-corrected chi connectivity index (χ4v) is 2.55. The van der Waals surface area contributed by atoms with Crippen molar-refractivity contribution in [2.24, 2.45) is 0 Å². The molecule has 0 atom stereocenters. The van der Waals surface area contributed by atoms with Crippen LogP contribution in [0.5, 0.6) is 5.75 Å². The summed E-state index contributed by atoms with van der Waals surface area (Å²) in [6.07, 6.45) is 5.86. The zero-order valence-electron chi connectivity index (χ0n) is 10.0. The summed E-state index contributed by atoms with van der Waals surface area (Å²) < 4.78 is 6.08. The number of rotatable bonds is 2. The topological polar surface area (TPSA) is 34.1 Å². The van der Waals surface area contributed by atoms with Gasteiger partial charge in [-0.15, -0.1) is 0 Å². The third-order valence-electron chi connectivity index (χ3n) is 3.29. The zero-order chi connectivity index (χ0) is 12.4. The highest BCUT2D eigenvalue weighted by Gasteiger charge is 2.15. The van der Waals surface area contributed by atoms with Crippen LogP contribution in [0.15, 0.2) is 30.6 Å². The van der Waals surface area contributed by atoms with Crippen molar-refractivity contribution < 1.29 is 4.74 Å². The van der Waals surface area contributed by atoms with E-state index >= 15 is 0 Å². The van der Waals surface area contributed by atoms with Gasteiger partial charge in [0.15, 0.2) is 0 Å². The Labute approximate surface area is 111 Å². The van der Waals surface area contributed by atoms with E-state index in [4.69, 9.17) is 16.3 Å². The first-order chi connectivity index (χ1) is 8.84. The average Bonchev–Trinajstić information content (AvgIpc) is 2.41. The van der Waals surface area contributed by atoms with Crippen LogP contribution in [-0.4, -0.2) is 24.2 Å². The van der Waals surface area contributed by atoms with Crippen LogP contribution < -0.4 is 10.1 Å². The molecule has 0 saturated carbocycles. The number of ether oxygens (including phenoxy) is 1. The monoisotopic (exact) mass is 262 g/mol. The largest absolute Gasteiger partial charge is 0.490 e. The molecule has 0 aliphatic carbocycles. The van der Waals surface area contributed by atoms with E-state index < -0.39 is 0 Å². The highest BCUT2D eigenvalue weighted by molar-refractivity contribution is 6.35. The first-order valence-corrected chi connectivity index (χ1v) is 6.62. The van der Waals surface area contributed by atoms with Crippen LogP contribution in [0.2, 0.25) is 5.02 Å². The number of aromatic nitrogens is 1. The second-order valence-electron chi connectivity index (χ2n) is 4.54. The molecule has 1 saturated heterocycles. The van der Waals surface area contributed by atoms with E-state index in [0.29, 0.717) is 5.02 Å². The molecule has 1 aromatic heterocycles. The second kappa shape index (κ2) is 5.12. The Morgan fingerprint density at radius 1 is 1.17 bits per heavy atom.